The Morgan fingerprint density at radius 2 is 1.56 bits per heavy atom. The molecular formula is C22H39BO3Si. The van der Waals surface area contributed by atoms with E-state index < -0.39 is 8.07 Å². The van der Waals surface area contributed by atoms with E-state index in [1.165, 1.54) is 30.0 Å². The van der Waals surface area contributed by atoms with Gasteiger partial charge in [-0.15, -0.1) is 0 Å². The maximum atomic E-state index is 6.30. The fourth-order valence-corrected chi connectivity index (χ4v) is 4.39. The van der Waals surface area contributed by atoms with Gasteiger partial charge in [-0.1, -0.05) is 69.2 Å². The van der Waals surface area contributed by atoms with E-state index in [4.69, 9.17) is 14.0 Å². The topological polar surface area (TPSA) is 27.7 Å². The van der Waals surface area contributed by atoms with Crippen LogP contribution in [0, 0.1) is 0 Å². The zero-order valence-corrected chi connectivity index (χ0v) is 19.8. The molecule has 0 N–H and O–H groups in total. The molecule has 0 radical (unpaired) electrons. The molecule has 1 aliphatic heterocycles. The number of ether oxygens (including phenoxy) is 1. The van der Waals surface area contributed by atoms with Crippen molar-refractivity contribution in [3.63, 3.8) is 0 Å². The minimum Gasteiger partial charge on any atom is -0.399 e. The zero-order chi connectivity index (χ0) is 20.3. The predicted molar refractivity (Wildman–Crippen MR) is 119 cm³/mol. The van der Waals surface area contributed by atoms with Crippen LogP contribution in [-0.2, 0) is 20.7 Å². The molecule has 0 unspecified atom stereocenters. The molecule has 2 rings (SSSR count). The molecule has 0 spiro atoms. The van der Waals surface area contributed by atoms with Crippen LogP contribution in [-0.4, -0.2) is 33.0 Å². The summed E-state index contributed by atoms with van der Waals surface area (Å²) in [5, 5.41) is 1.43. The van der Waals surface area contributed by atoms with Crippen molar-refractivity contribution < 1.29 is 14.0 Å². The molecule has 0 amide bonds. The van der Waals surface area contributed by atoms with Gasteiger partial charge in [0.15, 0.2) is 0 Å². The Labute approximate surface area is 168 Å². The first-order valence-corrected chi connectivity index (χ1v) is 14.0. The van der Waals surface area contributed by atoms with Gasteiger partial charge in [0.2, 0.25) is 0 Å². The third-order valence-electron chi connectivity index (χ3n) is 5.82. The van der Waals surface area contributed by atoms with Crippen LogP contribution in [0.25, 0.3) is 0 Å². The summed E-state index contributed by atoms with van der Waals surface area (Å²) in [6, 6.07) is 6.82. The Morgan fingerprint density at radius 1 is 0.926 bits per heavy atom. The highest BCUT2D eigenvalue weighted by atomic mass is 28.3. The molecule has 0 bridgehead atoms. The second-order valence-corrected chi connectivity index (χ2v) is 15.0. The third-order valence-corrected chi connectivity index (χ3v) is 7.84. The molecule has 152 valence electrons. The third kappa shape index (κ3) is 5.93. The summed E-state index contributed by atoms with van der Waals surface area (Å²) in [5.41, 5.74) is 1.72. The van der Waals surface area contributed by atoms with Gasteiger partial charge >= 0.3 is 7.12 Å². The molecule has 5 heteroatoms. The van der Waals surface area contributed by atoms with E-state index in [1.54, 1.807) is 0 Å². The van der Waals surface area contributed by atoms with E-state index in [1.807, 2.05) is 0 Å². The highest BCUT2D eigenvalue weighted by Gasteiger charge is 2.51. The van der Waals surface area contributed by atoms with E-state index >= 15 is 0 Å². The van der Waals surface area contributed by atoms with Gasteiger partial charge in [0.1, 0.15) is 0 Å². The highest BCUT2D eigenvalue weighted by Crippen LogP contribution is 2.36. The summed E-state index contributed by atoms with van der Waals surface area (Å²) < 4.78 is 18.6. The fourth-order valence-electron chi connectivity index (χ4n) is 3.17. The summed E-state index contributed by atoms with van der Waals surface area (Å²) in [6.07, 6.45) is 4.95. The Balaban J connectivity index is 2.15. The number of hydrogen-bond donors (Lipinski definition) is 0. The first kappa shape index (κ1) is 22.7. The largest absolute Gasteiger partial charge is 0.494 e. The van der Waals surface area contributed by atoms with Gasteiger partial charge in [-0.3, -0.25) is 0 Å². The number of unbranched alkanes of at least 4 members (excludes halogenated alkanes) is 3. The van der Waals surface area contributed by atoms with E-state index in [0.717, 1.165) is 18.5 Å². The maximum absolute atomic E-state index is 6.30. The highest BCUT2D eigenvalue weighted by molar-refractivity contribution is 6.89. The number of rotatable bonds is 9. The van der Waals surface area contributed by atoms with Crippen molar-refractivity contribution in [2.24, 2.45) is 0 Å². The zero-order valence-electron chi connectivity index (χ0n) is 18.8. The first-order valence-electron chi connectivity index (χ1n) is 10.5. The fraction of sp³-hybridized carbons (Fsp3) is 0.727. The van der Waals surface area contributed by atoms with Crippen LogP contribution in [0.15, 0.2) is 18.2 Å². The van der Waals surface area contributed by atoms with Crippen molar-refractivity contribution in [3.05, 3.63) is 23.8 Å². The van der Waals surface area contributed by atoms with Crippen LogP contribution in [0.4, 0.5) is 0 Å². The second kappa shape index (κ2) is 8.81. The summed E-state index contributed by atoms with van der Waals surface area (Å²) >= 11 is 0. The van der Waals surface area contributed by atoms with E-state index in [-0.39, 0.29) is 18.3 Å². The van der Waals surface area contributed by atoms with Crippen molar-refractivity contribution in [2.45, 2.75) is 97.8 Å². The molecule has 0 saturated carbocycles. The molecule has 0 aliphatic carbocycles. The minimum absolute atomic E-state index is 0.311. The van der Waals surface area contributed by atoms with Gasteiger partial charge in [-0.25, -0.2) is 0 Å². The lowest BCUT2D eigenvalue weighted by Crippen LogP contribution is -2.43. The lowest BCUT2D eigenvalue weighted by Gasteiger charge is -2.32. The van der Waals surface area contributed by atoms with Crippen molar-refractivity contribution >= 4 is 25.8 Å². The van der Waals surface area contributed by atoms with Crippen LogP contribution in [0.5, 0.6) is 0 Å². The molecule has 0 aromatic heterocycles. The molecule has 27 heavy (non-hydrogen) atoms. The average molecular weight is 390 g/mol. The number of hydrogen-bond acceptors (Lipinski definition) is 3. The SMILES string of the molecule is CCCCCCOCc1cc(B2OC(C)(C)C(C)(C)O2)cc([Si](C)(C)C)c1. The molecule has 1 aliphatic rings. The van der Waals surface area contributed by atoms with E-state index in [9.17, 15) is 0 Å². The van der Waals surface area contributed by atoms with Crippen molar-refractivity contribution in [3.8, 4) is 0 Å². The Bertz CT molecular complexity index is 606. The van der Waals surface area contributed by atoms with Crippen LogP contribution in [0.1, 0.15) is 65.9 Å². The maximum Gasteiger partial charge on any atom is 0.494 e. The predicted octanol–water partition coefficient (Wildman–Crippen LogP) is 4.63. The lowest BCUT2D eigenvalue weighted by atomic mass is 9.78. The van der Waals surface area contributed by atoms with Crippen LogP contribution >= 0.6 is 0 Å². The van der Waals surface area contributed by atoms with Gasteiger partial charge in [0.05, 0.1) is 25.9 Å². The van der Waals surface area contributed by atoms with Gasteiger partial charge in [0.25, 0.3) is 0 Å². The smallest absolute Gasteiger partial charge is 0.399 e. The first-order chi connectivity index (χ1) is 12.5. The summed E-state index contributed by atoms with van der Waals surface area (Å²) in [7, 11) is -1.76. The van der Waals surface area contributed by atoms with Gasteiger partial charge in [0, 0.05) is 6.61 Å². The van der Waals surface area contributed by atoms with E-state index in [2.05, 4.69) is 72.5 Å². The summed E-state index contributed by atoms with van der Waals surface area (Å²) in [5.74, 6) is 0. The van der Waals surface area contributed by atoms with Crippen molar-refractivity contribution in [1.29, 1.82) is 0 Å². The Kier molecular flexibility index (Phi) is 7.40. The molecule has 3 nitrogen and oxygen atoms in total. The van der Waals surface area contributed by atoms with Crippen molar-refractivity contribution in [2.75, 3.05) is 6.61 Å². The molecule has 1 fully saturated rings. The van der Waals surface area contributed by atoms with Gasteiger partial charge < -0.3 is 14.0 Å². The molecule has 0 atom stereocenters. The van der Waals surface area contributed by atoms with Crippen LogP contribution in [0.2, 0.25) is 19.6 Å². The standard InChI is InChI=1S/C22H39BO3Si/c1-9-10-11-12-13-24-17-18-14-19(16-20(15-18)27(6,7)8)23-25-21(2,3)22(4,5)26-23/h14-16H,9-13,17H2,1-8H3. The second-order valence-electron chi connectivity index (χ2n) is 9.91. The number of benzene rings is 1. The quantitative estimate of drug-likeness (QED) is 0.455. The van der Waals surface area contributed by atoms with Gasteiger partial charge in [-0.05, 0) is 45.1 Å². The van der Waals surface area contributed by atoms with Crippen molar-refractivity contribution in [1.82, 2.24) is 0 Å². The minimum atomic E-state index is -1.45. The molecule has 1 aromatic rings. The Morgan fingerprint density at radius 3 is 2.11 bits per heavy atom. The van der Waals surface area contributed by atoms with Crippen LogP contribution < -0.4 is 10.6 Å². The Hall–Kier alpha value is -0.618. The van der Waals surface area contributed by atoms with Crippen LogP contribution in [0.3, 0.4) is 0 Å². The molecule has 1 heterocycles. The molecule has 1 aromatic carbocycles. The lowest BCUT2D eigenvalue weighted by molar-refractivity contribution is 0.00578. The van der Waals surface area contributed by atoms with E-state index in [0.29, 0.717) is 6.61 Å². The summed E-state index contributed by atoms with van der Waals surface area (Å²) in [6.45, 7) is 19.3. The average Bonchev–Trinajstić information content (AvgIpc) is 2.78. The monoisotopic (exact) mass is 390 g/mol. The normalized spacial score (nSPS) is 18.9. The molecule has 1 saturated heterocycles. The van der Waals surface area contributed by atoms with Gasteiger partial charge in [-0.2, -0.15) is 0 Å². The summed E-state index contributed by atoms with van der Waals surface area (Å²) in [4.78, 5) is 0. The molecular weight excluding hydrogens is 351 g/mol.